The number of carbonyl (C=O) groups excluding carboxylic acids is 1. The van der Waals surface area contributed by atoms with Gasteiger partial charge in [-0.3, -0.25) is 9.69 Å². The molecule has 5 nitrogen and oxygen atoms in total. The minimum Gasteiger partial charge on any atom is -0.463 e. The molecule has 0 atom stereocenters. The number of hydrogen-bond acceptors (Lipinski definition) is 5. The Kier molecular flexibility index (Phi) is 7.57. The van der Waals surface area contributed by atoms with Crippen molar-refractivity contribution in [3.05, 3.63) is 0 Å². The smallest absolute Gasteiger partial charge is 0.307 e. The zero-order chi connectivity index (χ0) is 10.1. The molecule has 0 saturated heterocycles. The Labute approximate surface area is 78.7 Å². The fourth-order valence-corrected chi connectivity index (χ4v) is 0.725. The molecular formula is C8H18N2O3. The van der Waals surface area contributed by atoms with Gasteiger partial charge in [-0.1, -0.05) is 0 Å². The summed E-state index contributed by atoms with van der Waals surface area (Å²) in [6.45, 7) is 1.32. The molecule has 78 valence electrons. The molecule has 0 heterocycles. The largest absolute Gasteiger partial charge is 0.463 e. The van der Waals surface area contributed by atoms with Crippen LogP contribution < -0.4 is 5.32 Å². The van der Waals surface area contributed by atoms with Crippen LogP contribution >= 0.6 is 0 Å². The van der Waals surface area contributed by atoms with Crippen molar-refractivity contribution < 1.29 is 14.6 Å². The van der Waals surface area contributed by atoms with Gasteiger partial charge in [-0.05, 0) is 14.1 Å². The van der Waals surface area contributed by atoms with Crippen LogP contribution in [-0.2, 0) is 9.53 Å². The average Bonchev–Trinajstić information content (AvgIpc) is 2.08. The number of esters is 1. The molecule has 0 aliphatic heterocycles. The zero-order valence-corrected chi connectivity index (χ0v) is 8.25. The lowest BCUT2D eigenvalue weighted by Crippen LogP contribution is -2.30. The topological polar surface area (TPSA) is 61.8 Å². The first kappa shape index (κ1) is 12.3. The van der Waals surface area contributed by atoms with Gasteiger partial charge in [0.15, 0.2) is 0 Å². The van der Waals surface area contributed by atoms with Gasteiger partial charge in [0.25, 0.3) is 0 Å². The third-order valence-corrected chi connectivity index (χ3v) is 1.29. The van der Waals surface area contributed by atoms with Crippen LogP contribution in [0.2, 0.25) is 0 Å². The maximum atomic E-state index is 10.9. The second-order valence-electron chi connectivity index (χ2n) is 2.93. The monoisotopic (exact) mass is 190 g/mol. The molecule has 13 heavy (non-hydrogen) atoms. The maximum Gasteiger partial charge on any atom is 0.307 e. The van der Waals surface area contributed by atoms with Crippen LogP contribution in [0.25, 0.3) is 0 Å². The molecular weight excluding hydrogens is 172 g/mol. The highest BCUT2D eigenvalue weighted by molar-refractivity contribution is 5.69. The third-order valence-electron chi connectivity index (χ3n) is 1.29. The molecule has 0 radical (unpaired) electrons. The molecule has 0 aliphatic rings. The summed E-state index contributed by atoms with van der Waals surface area (Å²) in [5, 5.41) is 11.4. The SMILES string of the molecule is CN(C)CNCCC(=O)OCCO. The molecule has 0 unspecified atom stereocenters. The lowest BCUT2D eigenvalue weighted by molar-refractivity contribution is -0.144. The number of aliphatic hydroxyl groups excluding tert-OH is 1. The minimum absolute atomic E-state index is 0.0898. The second-order valence-corrected chi connectivity index (χ2v) is 2.93. The average molecular weight is 190 g/mol. The second kappa shape index (κ2) is 7.97. The summed E-state index contributed by atoms with van der Waals surface area (Å²) < 4.78 is 4.66. The summed E-state index contributed by atoms with van der Waals surface area (Å²) in [7, 11) is 3.88. The first-order valence-corrected chi connectivity index (χ1v) is 4.28. The fourth-order valence-electron chi connectivity index (χ4n) is 0.725. The molecule has 5 heteroatoms. The summed E-state index contributed by atoms with van der Waals surface area (Å²) in [5.74, 6) is -0.277. The number of ether oxygens (including phenoxy) is 1. The van der Waals surface area contributed by atoms with E-state index in [0.717, 1.165) is 6.67 Å². The van der Waals surface area contributed by atoms with Crippen molar-refractivity contribution >= 4 is 5.97 Å². The van der Waals surface area contributed by atoms with E-state index in [0.29, 0.717) is 13.0 Å². The number of aliphatic hydroxyl groups is 1. The van der Waals surface area contributed by atoms with Gasteiger partial charge >= 0.3 is 5.97 Å². The lowest BCUT2D eigenvalue weighted by Gasteiger charge is -2.10. The van der Waals surface area contributed by atoms with Crippen LogP contribution in [0.1, 0.15) is 6.42 Å². The van der Waals surface area contributed by atoms with Gasteiger partial charge in [0, 0.05) is 13.2 Å². The number of rotatable bonds is 7. The fraction of sp³-hybridized carbons (Fsp3) is 0.875. The molecule has 0 aliphatic carbocycles. The van der Waals surface area contributed by atoms with E-state index in [1.165, 1.54) is 0 Å². The highest BCUT2D eigenvalue weighted by Crippen LogP contribution is 1.84. The molecule has 0 amide bonds. The van der Waals surface area contributed by atoms with E-state index in [2.05, 4.69) is 10.1 Å². The number of nitrogens with zero attached hydrogens (tertiary/aromatic N) is 1. The summed E-state index contributed by atoms with van der Waals surface area (Å²) in [6.07, 6.45) is 0.341. The van der Waals surface area contributed by atoms with Crippen molar-refractivity contribution in [1.82, 2.24) is 10.2 Å². The van der Waals surface area contributed by atoms with Gasteiger partial charge in [-0.2, -0.15) is 0 Å². The van der Waals surface area contributed by atoms with Crippen LogP contribution in [0.5, 0.6) is 0 Å². The van der Waals surface area contributed by atoms with Crippen molar-refractivity contribution in [3.63, 3.8) is 0 Å². The Bertz CT molecular complexity index is 139. The van der Waals surface area contributed by atoms with E-state index in [-0.39, 0.29) is 19.2 Å². The van der Waals surface area contributed by atoms with Crippen molar-refractivity contribution in [1.29, 1.82) is 0 Å². The summed E-state index contributed by atoms with van der Waals surface area (Å²) in [4.78, 5) is 12.8. The predicted octanol–water partition coefficient (Wildman–Crippen LogP) is -0.979. The standard InChI is InChI=1S/C8H18N2O3/c1-10(2)7-9-4-3-8(12)13-6-5-11/h9,11H,3-7H2,1-2H3. The van der Waals surface area contributed by atoms with Gasteiger partial charge in [-0.25, -0.2) is 0 Å². The van der Waals surface area contributed by atoms with Crippen molar-refractivity contribution in [2.45, 2.75) is 6.42 Å². The van der Waals surface area contributed by atoms with Crippen LogP contribution in [-0.4, -0.2) is 56.5 Å². The molecule has 0 bridgehead atoms. The van der Waals surface area contributed by atoms with Gasteiger partial charge in [0.1, 0.15) is 6.61 Å². The van der Waals surface area contributed by atoms with E-state index in [4.69, 9.17) is 5.11 Å². The lowest BCUT2D eigenvalue weighted by atomic mass is 10.4. The predicted molar refractivity (Wildman–Crippen MR) is 49.2 cm³/mol. The molecule has 0 spiro atoms. The number of hydrogen-bond donors (Lipinski definition) is 2. The Balaban J connectivity index is 3.17. The van der Waals surface area contributed by atoms with Gasteiger partial charge < -0.3 is 15.2 Å². The number of nitrogens with one attached hydrogen (secondary N) is 1. The highest BCUT2D eigenvalue weighted by Gasteiger charge is 2.00. The first-order chi connectivity index (χ1) is 6.16. The van der Waals surface area contributed by atoms with E-state index in [1.54, 1.807) is 0 Å². The third kappa shape index (κ3) is 9.26. The normalized spacial score (nSPS) is 10.5. The number of carbonyl (C=O) groups is 1. The quantitative estimate of drug-likeness (QED) is 0.307. The molecule has 0 aromatic carbocycles. The molecule has 0 fully saturated rings. The van der Waals surface area contributed by atoms with Gasteiger partial charge in [-0.15, -0.1) is 0 Å². The molecule has 0 rings (SSSR count). The van der Waals surface area contributed by atoms with Crippen LogP contribution in [0.4, 0.5) is 0 Å². The first-order valence-electron chi connectivity index (χ1n) is 4.28. The Hall–Kier alpha value is -0.650. The zero-order valence-electron chi connectivity index (χ0n) is 8.25. The van der Waals surface area contributed by atoms with Crippen LogP contribution in [0.15, 0.2) is 0 Å². The van der Waals surface area contributed by atoms with E-state index in [1.807, 2.05) is 19.0 Å². The van der Waals surface area contributed by atoms with Crippen molar-refractivity contribution in [3.8, 4) is 0 Å². The maximum absolute atomic E-state index is 10.9. The Morgan fingerprint density at radius 2 is 2.23 bits per heavy atom. The van der Waals surface area contributed by atoms with E-state index in [9.17, 15) is 4.79 Å². The van der Waals surface area contributed by atoms with Crippen LogP contribution in [0.3, 0.4) is 0 Å². The van der Waals surface area contributed by atoms with Crippen LogP contribution in [0, 0.1) is 0 Å². The van der Waals surface area contributed by atoms with Crippen molar-refractivity contribution in [2.75, 3.05) is 40.5 Å². The van der Waals surface area contributed by atoms with Crippen molar-refractivity contribution in [2.24, 2.45) is 0 Å². The molecule has 0 aromatic heterocycles. The summed E-state index contributed by atoms with van der Waals surface area (Å²) in [5.41, 5.74) is 0. The minimum atomic E-state index is -0.277. The van der Waals surface area contributed by atoms with E-state index >= 15 is 0 Å². The molecule has 0 aromatic rings. The highest BCUT2D eigenvalue weighted by atomic mass is 16.5. The van der Waals surface area contributed by atoms with Gasteiger partial charge in [0.05, 0.1) is 13.0 Å². The van der Waals surface area contributed by atoms with E-state index < -0.39 is 0 Å². The molecule has 2 N–H and O–H groups in total. The Morgan fingerprint density at radius 3 is 2.77 bits per heavy atom. The van der Waals surface area contributed by atoms with Gasteiger partial charge in [0.2, 0.25) is 0 Å². The Morgan fingerprint density at radius 1 is 1.54 bits per heavy atom. The summed E-state index contributed by atoms with van der Waals surface area (Å²) >= 11 is 0. The molecule has 0 saturated carbocycles. The summed E-state index contributed by atoms with van der Waals surface area (Å²) in [6, 6.07) is 0.